The van der Waals surface area contributed by atoms with Crippen molar-refractivity contribution in [1.29, 1.82) is 0 Å². The van der Waals surface area contributed by atoms with Crippen molar-refractivity contribution >= 4 is 65.7 Å². The number of aromatic nitrogens is 5. The highest BCUT2D eigenvalue weighted by Crippen LogP contribution is 2.68. The van der Waals surface area contributed by atoms with E-state index in [4.69, 9.17) is 23.2 Å². The molecule has 1 amide bonds. The number of hydrogen-bond acceptors (Lipinski definition) is 8. The van der Waals surface area contributed by atoms with E-state index in [0.29, 0.717) is 10.7 Å². The van der Waals surface area contributed by atoms with Gasteiger partial charge in [0.05, 0.1) is 27.7 Å². The molecule has 3 heterocycles. The number of fused-ring (bicyclic) bond motifs is 4. The molecular formula is C39H31Cl2F10N7O5S2. The Hall–Kier alpha value is -5.12. The number of nitrogens with one attached hydrogen (secondary N) is 2. The Balaban J connectivity index is 1.45. The summed E-state index contributed by atoms with van der Waals surface area (Å²) >= 11 is 12.0. The molecule has 26 heteroatoms. The fourth-order valence-corrected chi connectivity index (χ4v) is 8.66. The minimum absolute atomic E-state index is 0.206. The number of sulfone groups is 1. The molecule has 12 nitrogen and oxygen atoms in total. The summed E-state index contributed by atoms with van der Waals surface area (Å²) in [6, 6.07) is 5.13. The third kappa shape index (κ3) is 9.60. The fraction of sp³-hybridized carbons (Fsp3) is 0.385. The molecule has 2 aliphatic rings. The summed E-state index contributed by atoms with van der Waals surface area (Å²) in [5, 5.41) is 7.84. The summed E-state index contributed by atoms with van der Waals surface area (Å²) in [7, 11) is -8.30. The molecule has 7 rings (SSSR count). The van der Waals surface area contributed by atoms with Crippen molar-refractivity contribution in [1.82, 2.24) is 29.9 Å². The van der Waals surface area contributed by atoms with Crippen LogP contribution in [0.4, 0.5) is 49.7 Å². The van der Waals surface area contributed by atoms with Gasteiger partial charge in [0.1, 0.15) is 46.1 Å². The first-order valence-electron chi connectivity index (χ1n) is 18.8. The van der Waals surface area contributed by atoms with Gasteiger partial charge in [-0.05, 0) is 74.4 Å². The van der Waals surface area contributed by atoms with Gasteiger partial charge in [0.15, 0.2) is 21.3 Å². The molecule has 2 N–H and O–H groups in total. The van der Waals surface area contributed by atoms with E-state index in [1.165, 1.54) is 26.0 Å². The monoisotopic (exact) mass is 1000 g/mol. The van der Waals surface area contributed by atoms with Crippen LogP contribution >= 0.6 is 23.2 Å². The van der Waals surface area contributed by atoms with Crippen molar-refractivity contribution < 1.29 is 65.5 Å². The molecule has 0 saturated heterocycles. The smallest absolute Gasteiger partial charge is 0.346 e. The number of anilines is 1. The maximum absolute atomic E-state index is 15.5. The highest BCUT2D eigenvalue weighted by Gasteiger charge is 2.68. The summed E-state index contributed by atoms with van der Waals surface area (Å²) in [5.74, 6) is -5.55. The zero-order chi connectivity index (χ0) is 48.0. The molecule has 0 aliphatic heterocycles. The Bertz CT molecular complexity index is 3050. The number of benzene rings is 2. The summed E-state index contributed by atoms with van der Waals surface area (Å²) < 4.78 is 196. The molecule has 3 aromatic heterocycles. The van der Waals surface area contributed by atoms with Gasteiger partial charge in [-0.1, -0.05) is 23.6 Å². The molecule has 65 heavy (non-hydrogen) atoms. The van der Waals surface area contributed by atoms with Crippen molar-refractivity contribution in [3.63, 3.8) is 0 Å². The van der Waals surface area contributed by atoms with Crippen molar-refractivity contribution in [3.05, 3.63) is 93.0 Å². The summed E-state index contributed by atoms with van der Waals surface area (Å²) in [4.78, 5) is 18.5. The van der Waals surface area contributed by atoms with E-state index >= 15 is 8.78 Å². The Morgan fingerprint density at radius 2 is 1.62 bits per heavy atom. The molecule has 348 valence electrons. The number of hydrogen-bond donors (Lipinski definition) is 2. The van der Waals surface area contributed by atoms with Gasteiger partial charge in [0.25, 0.3) is 5.92 Å². The van der Waals surface area contributed by atoms with E-state index in [1.807, 2.05) is 4.72 Å². The molecule has 0 unspecified atom stereocenters. The Morgan fingerprint density at radius 3 is 2.22 bits per heavy atom. The van der Waals surface area contributed by atoms with Gasteiger partial charge < -0.3 is 5.32 Å². The van der Waals surface area contributed by atoms with Crippen LogP contribution in [-0.4, -0.2) is 69.7 Å². The molecule has 3 atom stereocenters. The maximum atomic E-state index is 15.5. The summed E-state index contributed by atoms with van der Waals surface area (Å²) in [6.07, 6.45) is -10.2. The molecule has 1 fully saturated rings. The second-order valence-electron chi connectivity index (χ2n) is 15.9. The van der Waals surface area contributed by atoms with Crippen LogP contribution in [-0.2, 0) is 56.3 Å². The average Bonchev–Trinajstić information content (AvgIpc) is 3.69. The number of halogens is 12. The highest BCUT2D eigenvalue weighted by molar-refractivity contribution is 7.93. The highest BCUT2D eigenvalue weighted by atomic mass is 35.5. The second kappa shape index (κ2) is 16.3. The van der Waals surface area contributed by atoms with Crippen LogP contribution in [0.25, 0.3) is 22.0 Å². The lowest BCUT2D eigenvalue weighted by Gasteiger charge is -2.23. The fourth-order valence-electron chi connectivity index (χ4n) is 7.52. The van der Waals surface area contributed by atoms with E-state index < -0.39 is 142 Å². The zero-order valence-electron chi connectivity index (χ0n) is 33.4. The van der Waals surface area contributed by atoms with Crippen LogP contribution in [0.5, 0.6) is 0 Å². The van der Waals surface area contributed by atoms with Gasteiger partial charge in [-0.15, -0.1) is 11.6 Å². The quantitative estimate of drug-likeness (QED) is 0.0720. The first-order valence-corrected chi connectivity index (χ1v) is 23.2. The number of carbonyl (C=O) groups excluding carboxylic acids is 1. The first-order chi connectivity index (χ1) is 29.9. The van der Waals surface area contributed by atoms with Crippen LogP contribution in [0.15, 0.2) is 42.5 Å². The number of sulfonamides is 1. The SMILES string of the molecule is CC(C)(C#Cc1ccc(-c2ccc(Cl)c3c(NS(=O)(=O)CCl)nn(CC(F)(F)F)c23)c([C@H](Cc2cc(F)cc(F)c2)NC(=O)Cn2nc(C(F)(F)F)c3c2C(F)(F)[C@@H]2C[C@H]32)n1)S(C)(=O)=O. The maximum Gasteiger partial charge on any atom is 0.435 e. The minimum Gasteiger partial charge on any atom is -0.346 e. The summed E-state index contributed by atoms with van der Waals surface area (Å²) in [6.45, 7) is -0.600. The van der Waals surface area contributed by atoms with Crippen molar-refractivity contribution in [2.75, 3.05) is 16.2 Å². The molecule has 2 aliphatic carbocycles. The number of nitrogens with zero attached hydrogens (tertiary/aromatic N) is 5. The van der Waals surface area contributed by atoms with Crippen LogP contribution in [0.2, 0.25) is 5.02 Å². The average molecular weight is 1000 g/mol. The molecule has 0 bridgehead atoms. The van der Waals surface area contributed by atoms with Crippen molar-refractivity contribution in [3.8, 4) is 23.0 Å². The second-order valence-corrected chi connectivity index (χ2v) is 21.1. The van der Waals surface area contributed by atoms with Crippen LogP contribution in [0, 0.1) is 29.4 Å². The molecule has 5 aromatic rings. The first kappa shape index (κ1) is 47.8. The van der Waals surface area contributed by atoms with Gasteiger partial charge in [0.2, 0.25) is 15.9 Å². The standard InChI is InChI=1S/C39H31Cl2F10N7O5S2/c1-36(2,64(3,60)61)9-8-21-4-5-22(23-6-7-26(41)30-32(23)58(16-37(44,45)46)55-35(30)56-65(62,63)17-40)31(52-21)27(12-18-10-19(42)13-20(43)11-18)53-28(59)15-57-34-29(33(54-57)39(49,50)51)24-14-25(24)38(34,47)48/h4-7,10-11,13,24-25,27H,12,14-17H2,1-3H3,(H,53,59)(H,55,56)/t24-,25+,27-/m0/s1. The van der Waals surface area contributed by atoms with Crippen molar-refractivity contribution in [2.45, 2.75) is 74.8 Å². The number of rotatable bonds is 12. The molecule has 2 aromatic carbocycles. The normalized spacial score (nSPS) is 17.6. The van der Waals surface area contributed by atoms with Crippen LogP contribution in [0.1, 0.15) is 66.1 Å². The van der Waals surface area contributed by atoms with Crippen molar-refractivity contribution in [2.24, 2.45) is 5.92 Å². The molecule has 0 spiro atoms. The summed E-state index contributed by atoms with van der Waals surface area (Å²) in [5.41, 5.74) is -5.31. The Labute approximate surface area is 372 Å². The van der Waals surface area contributed by atoms with E-state index in [0.717, 1.165) is 30.5 Å². The van der Waals surface area contributed by atoms with Gasteiger partial charge in [-0.3, -0.25) is 18.9 Å². The number of pyridine rings is 1. The van der Waals surface area contributed by atoms with Crippen LogP contribution < -0.4 is 10.0 Å². The molecule has 0 radical (unpaired) electrons. The Morgan fingerprint density at radius 1 is 0.969 bits per heavy atom. The van der Waals surface area contributed by atoms with Gasteiger partial charge in [0, 0.05) is 34.9 Å². The van der Waals surface area contributed by atoms with Gasteiger partial charge >= 0.3 is 12.4 Å². The van der Waals surface area contributed by atoms with E-state index in [9.17, 15) is 56.8 Å². The lowest BCUT2D eigenvalue weighted by atomic mass is 9.93. The zero-order valence-corrected chi connectivity index (χ0v) is 36.6. The predicted molar refractivity (Wildman–Crippen MR) is 216 cm³/mol. The van der Waals surface area contributed by atoms with Crippen LogP contribution in [0.3, 0.4) is 0 Å². The third-order valence-corrected chi connectivity index (χ3v) is 14.6. The Kier molecular flexibility index (Phi) is 12.0. The lowest BCUT2D eigenvalue weighted by molar-refractivity contribution is -0.142. The topological polar surface area (TPSA) is 158 Å². The van der Waals surface area contributed by atoms with E-state index in [1.54, 1.807) is 0 Å². The van der Waals surface area contributed by atoms with Gasteiger partial charge in [-0.2, -0.15) is 45.3 Å². The predicted octanol–water partition coefficient (Wildman–Crippen LogP) is 8.23. The molecular weight excluding hydrogens is 971 g/mol. The number of alkyl halides is 9. The number of amides is 1. The van der Waals surface area contributed by atoms with E-state index in [2.05, 4.69) is 32.3 Å². The largest absolute Gasteiger partial charge is 0.435 e. The lowest BCUT2D eigenvalue weighted by Crippen LogP contribution is -2.35. The number of carbonyl (C=O) groups is 1. The third-order valence-electron chi connectivity index (χ3n) is 10.7. The molecule has 1 saturated carbocycles. The van der Waals surface area contributed by atoms with E-state index in [-0.39, 0.29) is 38.5 Å². The van der Waals surface area contributed by atoms with Gasteiger partial charge in [-0.25, -0.2) is 30.6 Å². The minimum atomic E-state index is -5.19.